The number of hydrogen-bond acceptors (Lipinski definition) is 8. The maximum absolute atomic E-state index is 13.7. The van der Waals surface area contributed by atoms with Gasteiger partial charge < -0.3 is 9.47 Å². The van der Waals surface area contributed by atoms with Gasteiger partial charge in [-0.1, -0.05) is 33.3 Å². The Kier molecular flexibility index (Phi) is 6.62. The fourth-order valence-electron chi connectivity index (χ4n) is 7.25. The summed E-state index contributed by atoms with van der Waals surface area (Å²) >= 11 is 0. The van der Waals surface area contributed by atoms with Crippen molar-refractivity contribution in [3.05, 3.63) is 11.6 Å². The molecule has 0 radical (unpaired) electrons. The molecule has 8 heteroatoms. The van der Waals surface area contributed by atoms with Crippen molar-refractivity contribution in [1.29, 1.82) is 0 Å². The molecule has 4 rings (SSSR count). The fraction of sp³-hybridized carbons (Fsp3) is 0.704. The Morgan fingerprint density at radius 3 is 2.23 bits per heavy atom. The van der Waals surface area contributed by atoms with E-state index in [9.17, 15) is 28.8 Å². The summed E-state index contributed by atoms with van der Waals surface area (Å²) in [6.45, 7) is 7.02. The number of carbonyl (C=O) groups is 6. The first-order chi connectivity index (χ1) is 16.5. The third-order valence-electron chi connectivity index (χ3n) is 9.12. The number of hydrogen-bond donors (Lipinski definition) is 0. The van der Waals surface area contributed by atoms with Gasteiger partial charge in [-0.3, -0.25) is 28.8 Å². The molecule has 0 bridgehead atoms. The van der Waals surface area contributed by atoms with Gasteiger partial charge >= 0.3 is 18.2 Å². The van der Waals surface area contributed by atoms with E-state index in [0.717, 1.165) is 5.57 Å². The van der Waals surface area contributed by atoms with Crippen molar-refractivity contribution in [2.45, 2.75) is 85.4 Å². The molecule has 6 atom stereocenters. The third kappa shape index (κ3) is 4.08. The number of esters is 2. The molecule has 0 amide bonds. The Morgan fingerprint density at radius 1 is 1.00 bits per heavy atom. The first-order valence-electron chi connectivity index (χ1n) is 12.7. The number of ether oxygens (including phenoxy) is 2. The highest BCUT2D eigenvalue weighted by molar-refractivity contribution is 6.00. The molecule has 0 aromatic rings. The van der Waals surface area contributed by atoms with E-state index in [4.69, 9.17) is 9.47 Å². The summed E-state index contributed by atoms with van der Waals surface area (Å²) in [5, 5.41) is 0. The van der Waals surface area contributed by atoms with Crippen LogP contribution in [0.2, 0.25) is 0 Å². The number of carbonyl (C=O) groups excluding carboxylic acids is 6. The molecule has 0 spiro atoms. The van der Waals surface area contributed by atoms with Crippen LogP contribution < -0.4 is 0 Å². The predicted octanol–water partition coefficient (Wildman–Crippen LogP) is 3.29. The summed E-state index contributed by atoms with van der Waals surface area (Å²) in [5.74, 6) is -3.82. The second-order valence-electron chi connectivity index (χ2n) is 11.0. The van der Waals surface area contributed by atoms with Crippen LogP contribution in [0.4, 0.5) is 0 Å². The first kappa shape index (κ1) is 25.5. The van der Waals surface area contributed by atoms with Gasteiger partial charge in [-0.15, -0.1) is 0 Å². The second kappa shape index (κ2) is 9.10. The molecule has 0 unspecified atom stereocenters. The second-order valence-corrected chi connectivity index (χ2v) is 11.0. The summed E-state index contributed by atoms with van der Waals surface area (Å²) in [5.41, 5.74) is -0.564. The van der Waals surface area contributed by atoms with E-state index in [2.05, 4.69) is 0 Å². The third-order valence-corrected chi connectivity index (χ3v) is 9.12. The predicted molar refractivity (Wildman–Crippen MR) is 123 cm³/mol. The Morgan fingerprint density at radius 2 is 1.63 bits per heavy atom. The SMILES string of the molecule is CCC(=O)OC(OC(=O)CC)C(=O)[C@H]1CC[C@H]2[C@@H]3C(=O)CC4=CC(=O)CC[C@]4(C)[C@H]3C(=O)C[C@]12C. The van der Waals surface area contributed by atoms with Crippen LogP contribution in [0.3, 0.4) is 0 Å². The average molecular weight is 487 g/mol. The van der Waals surface area contributed by atoms with Crippen molar-refractivity contribution >= 4 is 35.1 Å². The van der Waals surface area contributed by atoms with E-state index < -0.39 is 52.6 Å². The van der Waals surface area contributed by atoms with E-state index >= 15 is 0 Å². The normalized spacial score (nSPS) is 36.1. The number of allylic oxidation sites excluding steroid dienone is 1. The smallest absolute Gasteiger partial charge is 0.308 e. The maximum atomic E-state index is 13.7. The molecule has 0 saturated heterocycles. The lowest BCUT2D eigenvalue weighted by Gasteiger charge is -2.55. The van der Waals surface area contributed by atoms with Gasteiger partial charge in [-0.25, -0.2) is 0 Å². The van der Waals surface area contributed by atoms with E-state index in [1.165, 1.54) is 0 Å². The van der Waals surface area contributed by atoms with Crippen molar-refractivity contribution in [3.63, 3.8) is 0 Å². The topological polar surface area (TPSA) is 121 Å². The van der Waals surface area contributed by atoms with E-state index in [1.807, 2.05) is 13.8 Å². The molecule has 4 aliphatic carbocycles. The van der Waals surface area contributed by atoms with Gasteiger partial charge in [0.15, 0.2) is 5.78 Å². The van der Waals surface area contributed by atoms with Crippen LogP contribution in [-0.2, 0) is 38.2 Å². The fourth-order valence-corrected chi connectivity index (χ4v) is 7.25. The van der Waals surface area contributed by atoms with E-state index in [0.29, 0.717) is 25.7 Å². The van der Waals surface area contributed by atoms with Crippen LogP contribution in [0.5, 0.6) is 0 Å². The molecule has 0 heterocycles. The van der Waals surface area contributed by atoms with Crippen molar-refractivity contribution in [2.24, 2.45) is 34.5 Å². The molecule has 0 N–H and O–H groups in total. The Balaban J connectivity index is 1.66. The maximum Gasteiger partial charge on any atom is 0.308 e. The van der Waals surface area contributed by atoms with Crippen molar-refractivity contribution in [1.82, 2.24) is 0 Å². The zero-order chi connectivity index (χ0) is 25.7. The molecule has 0 aromatic heterocycles. The summed E-state index contributed by atoms with van der Waals surface area (Å²) in [7, 11) is 0. The number of Topliss-reactive ketones (excluding diaryl/α,β-unsaturated/α-hetero) is 3. The quantitative estimate of drug-likeness (QED) is 0.414. The molecule has 35 heavy (non-hydrogen) atoms. The largest absolute Gasteiger partial charge is 0.417 e. The average Bonchev–Trinajstić information content (AvgIpc) is 3.14. The number of rotatable bonds is 6. The van der Waals surface area contributed by atoms with Crippen molar-refractivity contribution < 1.29 is 38.2 Å². The minimum atomic E-state index is -1.65. The molecule has 4 aliphatic rings. The Labute approximate surface area is 205 Å². The van der Waals surface area contributed by atoms with Crippen molar-refractivity contribution in [3.8, 4) is 0 Å². The van der Waals surface area contributed by atoms with Crippen LogP contribution in [0.15, 0.2) is 11.6 Å². The monoisotopic (exact) mass is 486 g/mol. The minimum Gasteiger partial charge on any atom is -0.417 e. The van der Waals surface area contributed by atoms with Gasteiger partial charge in [-0.05, 0) is 36.7 Å². The van der Waals surface area contributed by atoms with Crippen LogP contribution in [0.1, 0.15) is 79.1 Å². The standard InChI is InChI=1S/C27H34O8/c1-5-20(31)34-25(35-21(32)6-2)24(33)17-8-7-16-22-18(29)12-14-11-15(28)9-10-26(14,3)23(22)19(30)13-27(16,17)4/h11,16-17,22-23,25H,5-10,12-13H2,1-4H3/t16-,17+,22+,23-,26-,27-/m0/s1. The highest BCUT2D eigenvalue weighted by Gasteiger charge is 2.66. The zero-order valence-electron chi connectivity index (χ0n) is 20.9. The highest BCUT2D eigenvalue weighted by Crippen LogP contribution is 2.65. The summed E-state index contributed by atoms with van der Waals surface area (Å²) < 4.78 is 10.4. The van der Waals surface area contributed by atoms with Crippen LogP contribution in [0.25, 0.3) is 0 Å². The minimum absolute atomic E-state index is 0.00218. The van der Waals surface area contributed by atoms with Crippen molar-refractivity contribution in [2.75, 3.05) is 0 Å². The van der Waals surface area contributed by atoms with Crippen LogP contribution in [-0.4, -0.2) is 41.4 Å². The summed E-state index contributed by atoms with van der Waals surface area (Å²) in [6.07, 6.45) is 2.14. The number of fused-ring (bicyclic) bond motifs is 5. The number of ketones is 4. The van der Waals surface area contributed by atoms with Gasteiger partial charge in [0, 0.05) is 55.3 Å². The molecule has 3 saturated carbocycles. The zero-order valence-corrected chi connectivity index (χ0v) is 20.9. The lowest BCUT2D eigenvalue weighted by atomic mass is 9.46. The lowest BCUT2D eigenvalue weighted by molar-refractivity contribution is -0.195. The lowest BCUT2D eigenvalue weighted by Crippen LogP contribution is -2.58. The van der Waals surface area contributed by atoms with Gasteiger partial charge in [-0.2, -0.15) is 0 Å². The van der Waals surface area contributed by atoms with Gasteiger partial charge in [0.25, 0.3) is 0 Å². The van der Waals surface area contributed by atoms with Crippen LogP contribution >= 0.6 is 0 Å². The molecular weight excluding hydrogens is 452 g/mol. The van der Waals surface area contributed by atoms with Crippen LogP contribution in [0, 0.1) is 34.5 Å². The van der Waals surface area contributed by atoms with Gasteiger partial charge in [0.1, 0.15) is 11.6 Å². The summed E-state index contributed by atoms with van der Waals surface area (Å²) in [6, 6.07) is 0. The highest BCUT2D eigenvalue weighted by atomic mass is 16.7. The van der Waals surface area contributed by atoms with E-state index in [1.54, 1.807) is 19.9 Å². The first-order valence-corrected chi connectivity index (χ1v) is 12.7. The molecule has 3 fully saturated rings. The molecule has 8 nitrogen and oxygen atoms in total. The Hall–Kier alpha value is -2.64. The van der Waals surface area contributed by atoms with Gasteiger partial charge in [0.05, 0.1) is 0 Å². The van der Waals surface area contributed by atoms with E-state index in [-0.39, 0.29) is 49.0 Å². The summed E-state index contributed by atoms with van der Waals surface area (Å²) in [4.78, 5) is 76.7. The molecular formula is C27H34O8. The Bertz CT molecular complexity index is 1010. The molecule has 0 aliphatic heterocycles. The molecule has 0 aromatic carbocycles. The molecule has 190 valence electrons. The van der Waals surface area contributed by atoms with Gasteiger partial charge in [0.2, 0.25) is 5.78 Å².